The van der Waals surface area contributed by atoms with Gasteiger partial charge in [0.05, 0.1) is 0 Å². The first-order valence-electron chi connectivity index (χ1n) is 9.17. The van der Waals surface area contributed by atoms with Gasteiger partial charge in [0, 0.05) is 18.7 Å². The van der Waals surface area contributed by atoms with Crippen molar-refractivity contribution >= 4 is 5.91 Å². The number of carbonyl (C=O) groups is 1. The normalized spacial score (nSPS) is 17.2. The molecule has 5 heteroatoms. The highest BCUT2D eigenvalue weighted by Gasteiger charge is 2.14. The molecule has 0 bridgehead atoms. The molecule has 1 heterocycles. The minimum absolute atomic E-state index is 0.00403. The molecule has 1 fully saturated rings. The maximum absolute atomic E-state index is 12.1. The van der Waals surface area contributed by atoms with Gasteiger partial charge in [-0.3, -0.25) is 4.79 Å². The Labute approximate surface area is 145 Å². The molecular weight excluding hydrogens is 302 g/mol. The van der Waals surface area contributed by atoms with Crippen LogP contribution in [0.15, 0.2) is 24.3 Å². The van der Waals surface area contributed by atoms with Crippen LogP contribution in [0, 0.1) is 5.92 Å². The average Bonchev–Trinajstić information content (AvgIpc) is 3.12. The lowest BCUT2D eigenvalue weighted by molar-refractivity contribution is 0.0951. The van der Waals surface area contributed by atoms with E-state index in [-0.39, 0.29) is 5.91 Å². The van der Waals surface area contributed by atoms with Gasteiger partial charge in [-0.1, -0.05) is 13.8 Å². The molecule has 0 saturated carbocycles. The SMILES string of the molecule is CCN(CC)CCOc1ccc(C(=O)NCCC2CCNC2)cc1. The van der Waals surface area contributed by atoms with Crippen molar-refractivity contribution in [3.8, 4) is 5.75 Å². The number of hydrogen-bond donors (Lipinski definition) is 2. The van der Waals surface area contributed by atoms with Crippen molar-refractivity contribution in [2.24, 2.45) is 5.92 Å². The number of amides is 1. The van der Waals surface area contributed by atoms with Crippen LogP contribution in [0.25, 0.3) is 0 Å². The molecule has 1 amide bonds. The second-order valence-electron chi connectivity index (χ2n) is 6.30. The molecule has 0 aromatic heterocycles. The van der Waals surface area contributed by atoms with Crippen LogP contribution < -0.4 is 15.4 Å². The van der Waals surface area contributed by atoms with Crippen molar-refractivity contribution in [1.29, 1.82) is 0 Å². The summed E-state index contributed by atoms with van der Waals surface area (Å²) in [6.07, 6.45) is 2.26. The highest BCUT2D eigenvalue weighted by atomic mass is 16.5. The molecule has 1 aliphatic rings. The lowest BCUT2D eigenvalue weighted by atomic mass is 10.1. The van der Waals surface area contributed by atoms with Gasteiger partial charge in [-0.25, -0.2) is 0 Å². The third kappa shape index (κ3) is 6.13. The Hall–Kier alpha value is -1.59. The predicted molar refractivity (Wildman–Crippen MR) is 97.7 cm³/mol. The first kappa shape index (κ1) is 18.7. The fraction of sp³-hybridized carbons (Fsp3) is 0.632. The Kier molecular flexibility index (Phi) is 8.05. The molecule has 0 spiro atoms. The number of nitrogens with zero attached hydrogens (tertiary/aromatic N) is 1. The molecule has 1 aliphatic heterocycles. The summed E-state index contributed by atoms with van der Waals surface area (Å²) in [5.41, 5.74) is 0.690. The van der Waals surface area contributed by atoms with Crippen molar-refractivity contribution in [3.05, 3.63) is 29.8 Å². The van der Waals surface area contributed by atoms with Gasteiger partial charge in [0.1, 0.15) is 12.4 Å². The zero-order valence-electron chi connectivity index (χ0n) is 15.0. The smallest absolute Gasteiger partial charge is 0.251 e. The molecule has 1 unspecified atom stereocenters. The fourth-order valence-corrected chi connectivity index (χ4v) is 2.99. The number of hydrogen-bond acceptors (Lipinski definition) is 4. The van der Waals surface area contributed by atoms with Crippen molar-refractivity contribution in [2.45, 2.75) is 26.7 Å². The van der Waals surface area contributed by atoms with E-state index in [0.29, 0.717) is 18.1 Å². The number of likely N-dealkylation sites (N-methyl/N-ethyl adjacent to an activating group) is 1. The summed E-state index contributed by atoms with van der Waals surface area (Å²) in [6, 6.07) is 7.41. The Morgan fingerprint density at radius 1 is 1.29 bits per heavy atom. The number of rotatable bonds is 10. The number of benzene rings is 1. The zero-order chi connectivity index (χ0) is 17.2. The fourth-order valence-electron chi connectivity index (χ4n) is 2.99. The Morgan fingerprint density at radius 3 is 2.67 bits per heavy atom. The lowest BCUT2D eigenvalue weighted by Crippen LogP contribution is -2.28. The molecule has 24 heavy (non-hydrogen) atoms. The summed E-state index contributed by atoms with van der Waals surface area (Å²) < 4.78 is 5.74. The van der Waals surface area contributed by atoms with Gasteiger partial charge < -0.3 is 20.3 Å². The summed E-state index contributed by atoms with van der Waals surface area (Å²) in [5.74, 6) is 1.51. The summed E-state index contributed by atoms with van der Waals surface area (Å²) in [5, 5.41) is 6.35. The van der Waals surface area contributed by atoms with E-state index >= 15 is 0 Å². The second kappa shape index (κ2) is 10.3. The molecule has 2 N–H and O–H groups in total. The highest BCUT2D eigenvalue weighted by Crippen LogP contribution is 2.13. The minimum Gasteiger partial charge on any atom is -0.492 e. The first-order valence-corrected chi connectivity index (χ1v) is 9.17. The van der Waals surface area contributed by atoms with Gasteiger partial charge in [-0.15, -0.1) is 0 Å². The average molecular weight is 333 g/mol. The van der Waals surface area contributed by atoms with Crippen LogP contribution in [0.2, 0.25) is 0 Å². The largest absolute Gasteiger partial charge is 0.492 e. The van der Waals surface area contributed by atoms with Crippen molar-refractivity contribution in [2.75, 3.05) is 45.9 Å². The van der Waals surface area contributed by atoms with Gasteiger partial charge in [-0.05, 0) is 69.2 Å². The van der Waals surface area contributed by atoms with Gasteiger partial charge in [0.25, 0.3) is 5.91 Å². The van der Waals surface area contributed by atoms with Crippen LogP contribution in [0.3, 0.4) is 0 Å². The summed E-state index contributed by atoms with van der Waals surface area (Å²) >= 11 is 0. The molecule has 1 atom stereocenters. The monoisotopic (exact) mass is 333 g/mol. The van der Waals surface area contributed by atoms with Gasteiger partial charge in [0.15, 0.2) is 0 Å². The molecule has 0 aliphatic carbocycles. The Bertz CT molecular complexity index is 480. The lowest BCUT2D eigenvalue weighted by Gasteiger charge is -2.18. The van der Waals surface area contributed by atoms with E-state index in [0.717, 1.165) is 51.4 Å². The standard InChI is InChI=1S/C19H31N3O2/c1-3-22(4-2)13-14-24-18-7-5-17(6-8-18)19(23)21-12-10-16-9-11-20-15-16/h5-8,16,20H,3-4,9-15H2,1-2H3,(H,21,23). The maximum Gasteiger partial charge on any atom is 0.251 e. The molecule has 1 aromatic carbocycles. The number of nitrogens with one attached hydrogen (secondary N) is 2. The highest BCUT2D eigenvalue weighted by molar-refractivity contribution is 5.94. The van der Waals surface area contributed by atoms with Gasteiger partial charge in [0.2, 0.25) is 0 Å². The predicted octanol–water partition coefficient (Wildman–Crippen LogP) is 2.14. The number of carbonyl (C=O) groups excluding carboxylic acids is 1. The van der Waals surface area contributed by atoms with Gasteiger partial charge in [-0.2, -0.15) is 0 Å². The number of ether oxygens (including phenoxy) is 1. The first-order chi connectivity index (χ1) is 11.7. The maximum atomic E-state index is 12.1. The van der Waals surface area contributed by atoms with E-state index in [2.05, 4.69) is 29.4 Å². The summed E-state index contributed by atoms with van der Waals surface area (Å²) in [6.45, 7) is 10.9. The molecule has 134 valence electrons. The minimum atomic E-state index is -0.00403. The molecule has 0 radical (unpaired) electrons. The third-order valence-corrected chi connectivity index (χ3v) is 4.69. The molecular formula is C19H31N3O2. The van der Waals surface area contributed by atoms with Crippen LogP contribution in [0.5, 0.6) is 5.75 Å². The van der Waals surface area contributed by atoms with E-state index in [1.807, 2.05) is 24.3 Å². The Balaban J connectivity index is 1.69. The topological polar surface area (TPSA) is 53.6 Å². The summed E-state index contributed by atoms with van der Waals surface area (Å²) in [7, 11) is 0. The van der Waals surface area contributed by atoms with E-state index in [4.69, 9.17) is 4.74 Å². The van der Waals surface area contributed by atoms with Crippen LogP contribution in [0.1, 0.15) is 37.0 Å². The van der Waals surface area contributed by atoms with E-state index in [1.165, 1.54) is 6.42 Å². The van der Waals surface area contributed by atoms with E-state index < -0.39 is 0 Å². The zero-order valence-corrected chi connectivity index (χ0v) is 15.0. The van der Waals surface area contributed by atoms with E-state index in [9.17, 15) is 4.79 Å². The van der Waals surface area contributed by atoms with Crippen molar-refractivity contribution in [1.82, 2.24) is 15.5 Å². The van der Waals surface area contributed by atoms with Crippen molar-refractivity contribution < 1.29 is 9.53 Å². The van der Waals surface area contributed by atoms with Crippen molar-refractivity contribution in [3.63, 3.8) is 0 Å². The van der Waals surface area contributed by atoms with E-state index in [1.54, 1.807) is 0 Å². The van der Waals surface area contributed by atoms with Crippen LogP contribution >= 0.6 is 0 Å². The van der Waals surface area contributed by atoms with Gasteiger partial charge >= 0.3 is 0 Å². The Morgan fingerprint density at radius 2 is 2.04 bits per heavy atom. The molecule has 2 rings (SSSR count). The molecule has 1 saturated heterocycles. The molecule has 1 aromatic rings. The summed E-state index contributed by atoms with van der Waals surface area (Å²) in [4.78, 5) is 14.5. The van der Waals surface area contributed by atoms with Crippen LogP contribution in [-0.2, 0) is 0 Å². The van der Waals surface area contributed by atoms with Crippen LogP contribution in [0.4, 0.5) is 0 Å². The molecule has 5 nitrogen and oxygen atoms in total. The third-order valence-electron chi connectivity index (χ3n) is 4.69. The van der Waals surface area contributed by atoms with Crippen LogP contribution in [-0.4, -0.2) is 56.7 Å². The quantitative estimate of drug-likeness (QED) is 0.689. The second-order valence-corrected chi connectivity index (χ2v) is 6.30.